The molecule has 7 heteroatoms. The first-order valence-electron chi connectivity index (χ1n) is 11.6. The summed E-state index contributed by atoms with van der Waals surface area (Å²) in [6.45, 7) is 11.4. The van der Waals surface area contributed by atoms with Gasteiger partial charge in [-0.05, 0) is 31.1 Å². The van der Waals surface area contributed by atoms with E-state index in [4.69, 9.17) is 18.8 Å². The van der Waals surface area contributed by atoms with Gasteiger partial charge in [0.25, 0.3) is 10.1 Å². The minimum Gasteiger partial charge on any atom is -0.378 e. The van der Waals surface area contributed by atoms with E-state index in [0.29, 0.717) is 25.0 Å². The summed E-state index contributed by atoms with van der Waals surface area (Å²) in [7, 11) is -3.95. The highest BCUT2D eigenvalue weighted by atomic mass is 32.2. The van der Waals surface area contributed by atoms with Crippen LogP contribution in [0.3, 0.4) is 0 Å². The Balaban J connectivity index is 4.39. The van der Waals surface area contributed by atoms with Crippen molar-refractivity contribution in [2.24, 2.45) is 11.8 Å². The van der Waals surface area contributed by atoms with Crippen molar-refractivity contribution in [3.63, 3.8) is 0 Å². The van der Waals surface area contributed by atoms with Crippen LogP contribution < -0.4 is 0 Å². The first kappa shape index (κ1) is 28.8. The molecule has 0 aromatic heterocycles. The number of rotatable bonds is 21. The second-order valence-corrected chi connectivity index (χ2v) is 9.61. The molecule has 0 fully saturated rings. The van der Waals surface area contributed by atoms with E-state index < -0.39 is 10.1 Å². The lowest BCUT2D eigenvalue weighted by atomic mass is 10.0. The highest BCUT2D eigenvalue weighted by Crippen LogP contribution is 2.15. The summed E-state index contributed by atoms with van der Waals surface area (Å²) in [5, 5.41) is 0. The van der Waals surface area contributed by atoms with Crippen LogP contribution in [0.15, 0.2) is 0 Å². The third kappa shape index (κ3) is 18.3. The Morgan fingerprint density at radius 2 is 1.24 bits per heavy atom. The Hall–Kier alpha value is -0.210. The number of hydrogen-bond donors (Lipinski definition) is 1. The maximum atomic E-state index is 10.9. The number of ether oxygens (including phenoxy) is 3. The van der Waals surface area contributed by atoms with Crippen LogP contribution in [-0.4, -0.2) is 57.9 Å². The third-order valence-corrected chi connectivity index (χ3v) is 6.11. The van der Waals surface area contributed by atoms with Gasteiger partial charge in [0, 0.05) is 19.8 Å². The fourth-order valence-corrected chi connectivity index (χ4v) is 3.65. The third-order valence-electron chi connectivity index (χ3n) is 5.30. The second kappa shape index (κ2) is 18.6. The minimum atomic E-state index is -3.95. The first-order chi connectivity index (χ1) is 13.9. The molecule has 0 radical (unpaired) electrons. The molecule has 0 aromatic rings. The van der Waals surface area contributed by atoms with Crippen LogP contribution in [0, 0.1) is 11.8 Å². The van der Waals surface area contributed by atoms with E-state index in [2.05, 4.69) is 27.7 Å². The molecule has 2 unspecified atom stereocenters. The molecule has 0 heterocycles. The fraction of sp³-hybridized carbons (Fsp3) is 1.00. The highest BCUT2D eigenvalue weighted by Gasteiger charge is 2.15. The van der Waals surface area contributed by atoms with Gasteiger partial charge in [-0.3, -0.25) is 4.55 Å². The van der Waals surface area contributed by atoms with Gasteiger partial charge >= 0.3 is 0 Å². The zero-order chi connectivity index (χ0) is 22.0. The van der Waals surface area contributed by atoms with Crippen LogP contribution in [0.2, 0.25) is 0 Å². The quantitative estimate of drug-likeness (QED) is 0.198. The number of hydrogen-bond acceptors (Lipinski definition) is 5. The summed E-state index contributed by atoms with van der Waals surface area (Å²) in [6.07, 6.45) is 9.44. The van der Waals surface area contributed by atoms with Gasteiger partial charge in [-0.1, -0.05) is 66.2 Å². The Bertz CT molecular complexity index is 432. The first-order valence-corrected chi connectivity index (χ1v) is 13.2. The Labute approximate surface area is 179 Å². The number of unbranched alkanes of at least 4 members (excludes halogenated alkanes) is 2. The zero-order valence-electron chi connectivity index (χ0n) is 19.2. The molecule has 0 aliphatic rings. The molecule has 0 rings (SSSR count). The summed E-state index contributed by atoms with van der Waals surface area (Å²) in [4.78, 5) is 0. The van der Waals surface area contributed by atoms with E-state index in [1.807, 2.05) is 0 Å². The van der Waals surface area contributed by atoms with E-state index in [1.165, 1.54) is 38.5 Å². The molecule has 0 aliphatic heterocycles. The van der Waals surface area contributed by atoms with Crippen molar-refractivity contribution >= 4 is 10.1 Å². The van der Waals surface area contributed by atoms with Crippen LogP contribution in [0.1, 0.15) is 85.5 Å². The Kier molecular flexibility index (Phi) is 18.4. The standard InChI is InChI=1S/C22H46O6S/c1-5-9-12-20(7-3)16-26-18-22(28-14-11-15-29(23,24)25)19-27-17-21(8-4)13-10-6-2/h20-22H,5-19H2,1-4H3,(H,23,24,25). The topological polar surface area (TPSA) is 82.1 Å². The van der Waals surface area contributed by atoms with Gasteiger partial charge in [0.15, 0.2) is 0 Å². The van der Waals surface area contributed by atoms with E-state index in [-0.39, 0.29) is 24.9 Å². The van der Waals surface area contributed by atoms with Crippen LogP contribution in [0.5, 0.6) is 0 Å². The summed E-state index contributed by atoms with van der Waals surface area (Å²) in [6, 6.07) is 0. The molecule has 6 nitrogen and oxygen atoms in total. The van der Waals surface area contributed by atoms with Gasteiger partial charge in [0.1, 0.15) is 6.10 Å². The van der Waals surface area contributed by atoms with Crippen molar-refractivity contribution in [3.8, 4) is 0 Å². The van der Waals surface area contributed by atoms with Gasteiger partial charge in [0.2, 0.25) is 0 Å². The molecule has 0 aromatic carbocycles. The van der Waals surface area contributed by atoms with E-state index in [9.17, 15) is 8.42 Å². The van der Waals surface area contributed by atoms with Crippen molar-refractivity contribution < 1.29 is 27.2 Å². The molecule has 176 valence electrons. The van der Waals surface area contributed by atoms with Crippen molar-refractivity contribution in [1.82, 2.24) is 0 Å². The van der Waals surface area contributed by atoms with Crippen molar-refractivity contribution in [3.05, 3.63) is 0 Å². The molecule has 0 aliphatic carbocycles. The van der Waals surface area contributed by atoms with Crippen LogP contribution in [0.25, 0.3) is 0 Å². The van der Waals surface area contributed by atoms with Crippen LogP contribution in [0.4, 0.5) is 0 Å². The Morgan fingerprint density at radius 1 is 0.759 bits per heavy atom. The normalized spacial score (nSPS) is 15.3. The van der Waals surface area contributed by atoms with Crippen molar-refractivity contribution in [2.75, 3.05) is 38.8 Å². The van der Waals surface area contributed by atoms with Gasteiger partial charge in [-0.2, -0.15) is 8.42 Å². The molecule has 1 N–H and O–H groups in total. The molecule has 0 saturated heterocycles. The van der Waals surface area contributed by atoms with E-state index in [0.717, 1.165) is 26.1 Å². The van der Waals surface area contributed by atoms with Crippen molar-refractivity contribution in [1.29, 1.82) is 0 Å². The summed E-state index contributed by atoms with van der Waals surface area (Å²) >= 11 is 0. The van der Waals surface area contributed by atoms with E-state index >= 15 is 0 Å². The summed E-state index contributed by atoms with van der Waals surface area (Å²) < 4.78 is 48.2. The molecular formula is C22H46O6S. The lowest BCUT2D eigenvalue weighted by Gasteiger charge is -2.22. The lowest BCUT2D eigenvalue weighted by molar-refractivity contribution is -0.0697. The molecule has 0 saturated carbocycles. The Morgan fingerprint density at radius 3 is 1.62 bits per heavy atom. The highest BCUT2D eigenvalue weighted by molar-refractivity contribution is 7.85. The average Bonchev–Trinajstić information content (AvgIpc) is 2.68. The molecule has 0 spiro atoms. The monoisotopic (exact) mass is 438 g/mol. The molecule has 0 bridgehead atoms. The van der Waals surface area contributed by atoms with Gasteiger partial charge in [-0.25, -0.2) is 0 Å². The van der Waals surface area contributed by atoms with Gasteiger partial charge in [0.05, 0.1) is 19.0 Å². The largest absolute Gasteiger partial charge is 0.378 e. The maximum absolute atomic E-state index is 10.9. The van der Waals surface area contributed by atoms with Crippen LogP contribution >= 0.6 is 0 Å². The average molecular weight is 439 g/mol. The maximum Gasteiger partial charge on any atom is 0.264 e. The molecule has 2 atom stereocenters. The summed E-state index contributed by atoms with van der Waals surface area (Å²) in [5.74, 6) is 0.842. The molecular weight excluding hydrogens is 392 g/mol. The molecule has 29 heavy (non-hydrogen) atoms. The smallest absolute Gasteiger partial charge is 0.264 e. The van der Waals surface area contributed by atoms with Gasteiger partial charge < -0.3 is 14.2 Å². The molecule has 0 amide bonds. The van der Waals surface area contributed by atoms with Crippen LogP contribution in [-0.2, 0) is 24.3 Å². The lowest BCUT2D eigenvalue weighted by Crippen LogP contribution is -2.29. The fourth-order valence-electron chi connectivity index (χ4n) is 3.16. The predicted molar refractivity (Wildman–Crippen MR) is 119 cm³/mol. The zero-order valence-corrected chi connectivity index (χ0v) is 20.1. The predicted octanol–water partition coefficient (Wildman–Crippen LogP) is 5.12. The van der Waals surface area contributed by atoms with Crippen molar-refractivity contribution in [2.45, 2.75) is 91.6 Å². The minimum absolute atomic E-state index is 0.219. The van der Waals surface area contributed by atoms with Gasteiger partial charge in [-0.15, -0.1) is 0 Å². The SMILES string of the molecule is CCCCC(CC)COCC(COCC(CC)CCCC)OCCCS(=O)(=O)O. The van der Waals surface area contributed by atoms with E-state index in [1.54, 1.807) is 0 Å². The summed E-state index contributed by atoms with van der Waals surface area (Å²) in [5.41, 5.74) is 0. The second-order valence-electron chi connectivity index (χ2n) is 8.04.